The maximum atomic E-state index is 13.7. The molecule has 0 unspecified atom stereocenters. The first-order valence-electron chi connectivity index (χ1n) is 15.5. The van der Waals surface area contributed by atoms with E-state index < -0.39 is 54.5 Å². The van der Waals surface area contributed by atoms with Crippen molar-refractivity contribution >= 4 is 65.1 Å². The fourth-order valence-electron chi connectivity index (χ4n) is 5.28. The van der Waals surface area contributed by atoms with Crippen LogP contribution in [0.2, 0.25) is 0 Å². The van der Waals surface area contributed by atoms with Crippen molar-refractivity contribution in [2.24, 2.45) is 5.92 Å². The second kappa shape index (κ2) is 20.2. The van der Waals surface area contributed by atoms with E-state index in [9.17, 15) is 32.4 Å². The molecule has 0 radical (unpaired) electrons. The molecule has 0 bridgehead atoms. The number of nitrogens with one attached hydrogen (secondary N) is 2. The van der Waals surface area contributed by atoms with E-state index in [1.54, 1.807) is 0 Å². The number of nitrogen functional groups attached to an aromatic ring is 1. The van der Waals surface area contributed by atoms with Crippen molar-refractivity contribution in [3.8, 4) is 0 Å². The zero-order valence-corrected chi connectivity index (χ0v) is 29.0. The van der Waals surface area contributed by atoms with Gasteiger partial charge < -0.3 is 30.9 Å². The average molecular weight is 729 g/mol. The fourth-order valence-corrected chi connectivity index (χ4v) is 7.45. The molecule has 49 heavy (non-hydrogen) atoms. The van der Waals surface area contributed by atoms with Crippen molar-refractivity contribution in [2.75, 3.05) is 32.5 Å². The summed E-state index contributed by atoms with van der Waals surface area (Å²) < 4.78 is 49.9. The van der Waals surface area contributed by atoms with Gasteiger partial charge in [-0.1, -0.05) is 80.9 Å². The number of phosphoric ester groups is 1. The molecule has 264 valence electrons. The number of nitrogens with two attached hydrogens (primary N) is 1. The van der Waals surface area contributed by atoms with Gasteiger partial charge in [-0.15, -0.1) is 0 Å². The minimum absolute atomic E-state index is 0. The first-order chi connectivity index (χ1) is 22.7. The quantitative estimate of drug-likeness (QED) is 0.0559. The third-order valence-corrected chi connectivity index (χ3v) is 9.95. The molecule has 3 rings (SSSR count). The molecule has 2 atom stereocenters. The number of phosphoric acid groups is 1. The van der Waals surface area contributed by atoms with Crippen molar-refractivity contribution < 1.29 is 41.6 Å². The number of nitrogens with zero attached hydrogens (tertiary/aromatic N) is 1. The molecule has 0 fully saturated rings. The summed E-state index contributed by atoms with van der Waals surface area (Å²) in [4.78, 5) is 44.8. The van der Waals surface area contributed by atoms with E-state index in [1.807, 2.05) is 74.5 Å². The second-order valence-electron chi connectivity index (χ2n) is 11.7. The third kappa shape index (κ3) is 13.5. The van der Waals surface area contributed by atoms with Gasteiger partial charge in [-0.2, -0.15) is 4.31 Å². The number of sulfonamides is 1. The minimum atomic E-state index is -4.91. The van der Waals surface area contributed by atoms with Crippen LogP contribution in [-0.4, -0.2) is 103 Å². The van der Waals surface area contributed by atoms with Gasteiger partial charge in [0.05, 0.1) is 18.6 Å². The number of hydrogen-bond acceptors (Lipinski definition) is 8. The summed E-state index contributed by atoms with van der Waals surface area (Å²) in [7, 11) is -7.79. The number of alkyl carbamates (subject to hydrolysis) is 1. The van der Waals surface area contributed by atoms with Gasteiger partial charge >= 0.3 is 43.5 Å². The van der Waals surface area contributed by atoms with E-state index in [1.165, 1.54) is 35.7 Å². The number of benzene rings is 3. The topological polar surface area (TPSA) is 198 Å². The van der Waals surface area contributed by atoms with Gasteiger partial charge in [0.1, 0.15) is 6.04 Å². The van der Waals surface area contributed by atoms with E-state index in [0.29, 0.717) is 18.5 Å². The number of hydrogen-bond donors (Lipinski definition) is 5. The van der Waals surface area contributed by atoms with Crippen molar-refractivity contribution in [3.05, 3.63) is 96.1 Å². The molecule has 3 aromatic carbocycles. The van der Waals surface area contributed by atoms with Crippen LogP contribution in [-0.2, 0) is 28.6 Å². The summed E-state index contributed by atoms with van der Waals surface area (Å²) >= 11 is 0. The first-order valence-corrected chi connectivity index (χ1v) is 18.5. The number of anilines is 1. The van der Waals surface area contributed by atoms with Crippen molar-refractivity contribution in [3.63, 3.8) is 0 Å². The molecule has 6 N–H and O–H groups in total. The van der Waals surface area contributed by atoms with E-state index in [4.69, 9.17) is 15.0 Å². The molecule has 0 aromatic heterocycles. The normalized spacial score (nSPS) is 13.1. The molecule has 0 aliphatic rings. The Bertz CT molecular complexity index is 1570. The molecular weight excluding hydrogens is 682 g/mol. The summed E-state index contributed by atoms with van der Waals surface area (Å²) in [5.41, 5.74) is 7.75. The molecular formula is C33H46N4NaO9PS. The van der Waals surface area contributed by atoms with Gasteiger partial charge in [-0.05, 0) is 54.2 Å². The fraction of sp³-hybridized carbons (Fsp3) is 0.394. The Balaban J connectivity index is 0.00000833. The summed E-state index contributed by atoms with van der Waals surface area (Å²) in [6.07, 6.45) is 0.170. The zero-order chi connectivity index (χ0) is 35.3. The number of amides is 2. The predicted octanol–water partition coefficient (Wildman–Crippen LogP) is 3.59. The molecule has 0 saturated carbocycles. The maximum absolute atomic E-state index is 13.7. The molecule has 0 saturated heterocycles. The summed E-state index contributed by atoms with van der Waals surface area (Å²) in [5.74, 6) is -1.11. The van der Waals surface area contributed by atoms with Crippen LogP contribution in [0.4, 0.5) is 10.5 Å². The van der Waals surface area contributed by atoms with Gasteiger partial charge in [0.25, 0.3) is 0 Å². The van der Waals surface area contributed by atoms with Gasteiger partial charge in [-0.25, -0.2) is 17.8 Å². The molecule has 0 heterocycles. The van der Waals surface area contributed by atoms with Crippen LogP contribution in [0.3, 0.4) is 0 Å². The summed E-state index contributed by atoms with van der Waals surface area (Å²) in [6, 6.07) is 22.3. The van der Waals surface area contributed by atoms with Crippen molar-refractivity contribution in [1.82, 2.24) is 14.9 Å². The second-order valence-corrected chi connectivity index (χ2v) is 14.8. The van der Waals surface area contributed by atoms with E-state index in [0.717, 1.165) is 11.1 Å². The third-order valence-electron chi connectivity index (χ3n) is 7.53. The SMILES string of the molecule is COC(=O)N[C@H](C(=O)NCCCC[C@@H](COP(=O)(O)O)N(CC(C)C)S(=O)(=O)c1ccc(N)cc1)C(c1ccccc1)c1ccccc1.[NaH]. The number of carbonyl (C=O) groups excluding carboxylic acids is 2. The van der Waals surface area contributed by atoms with Crippen LogP contribution >= 0.6 is 7.82 Å². The summed E-state index contributed by atoms with van der Waals surface area (Å²) in [6.45, 7) is 3.37. The average Bonchev–Trinajstić information content (AvgIpc) is 3.05. The molecule has 2 amide bonds. The van der Waals surface area contributed by atoms with Crippen molar-refractivity contribution in [1.29, 1.82) is 0 Å². The molecule has 0 aliphatic heterocycles. The first kappa shape index (κ1) is 42.4. The van der Waals surface area contributed by atoms with Gasteiger partial charge in [0.2, 0.25) is 15.9 Å². The standard InChI is InChI=1S/C33H45N4O9PS.Na.H/c1-24(2)22-37(48(43,44)29-19-17-27(34)18-20-29)28(23-46-47(40,41)42)16-10-11-21-35-32(38)31(36-33(39)45-3)30(25-12-6-4-7-13-25)26-14-8-5-9-15-26;;/h4-9,12-15,17-20,24,28,30-31H,10-11,16,21-23,34H2,1-3H3,(H,35,38)(H,36,39)(H2,40,41,42);;/t28-,31-;;/m0../s1. The van der Waals surface area contributed by atoms with Gasteiger partial charge in [0, 0.05) is 30.7 Å². The van der Waals surface area contributed by atoms with Crippen molar-refractivity contribution in [2.45, 2.75) is 56.0 Å². The molecule has 13 nitrogen and oxygen atoms in total. The van der Waals surface area contributed by atoms with Crippen LogP contribution in [0.5, 0.6) is 0 Å². The van der Waals surface area contributed by atoms with Gasteiger partial charge in [-0.3, -0.25) is 9.32 Å². The Morgan fingerprint density at radius 1 is 0.918 bits per heavy atom. The van der Waals surface area contributed by atoms with E-state index in [2.05, 4.69) is 10.6 Å². The molecule has 0 aliphatic carbocycles. The number of unbranched alkanes of at least 4 members (excludes halogenated alkanes) is 1. The number of carbonyl (C=O) groups is 2. The van der Waals surface area contributed by atoms with Crippen LogP contribution in [0, 0.1) is 5.92 Å². The Labute approximate surface area is 310 Å². The number of ether oxygens (including phenoxy) is 1. The Hall–Kier alpha value is -2.78. The molecule has 3 aromatic rings. The Morgan fingerprint density at radius 3 is 1.96 bits per heavy atom. The predicted molar refractivity (Wildman–Crippen MR) is 189 cm³/mol. The van der Waals surface area contributed by atoms with E-state index >= 15 is 0 Å². The van der Waals surface area contributed by atoms with E-state index in [-0.39, 0.29) is 59.9 Å². The molecule has 16 heteroatoms. The van der Waals surface area contributed by atoms with Crippen LogP contribution in [0.1, 0.15) is 50.2 Å². The number of methoxy groups -OCH3 is 1. The van der Waals surface area contributed by atoms with Crippen LogP contribution < -0.4 is 16.4 Å². The molecule has 0 spiro atoms. The van der Waals surface area contributed by atoms with Gasteiger partial charge in [0.15, 0.2) is 0 Å². The Kier molecular flexibility index (Phi) is 17.4. The monoisotopic (exact) mass is 728 g/mol. The Morgan fingerprint density at radius 2 is 1.47 bits per heavy atom. The summed E-state index contributed by atoms with van der Waals surface area (Å²) in [5, 5.41) is 5.55. The van der Waals surface area contributed by atoms with Crippen LogP contribution in [0.25, 0.3) is 0 Å². The number of rotatable bonds is 18. The van der Waals surface area contributed by atoms with Crippen LogP contribution in [0.15, 0.2) is 89.8 Å². The zero-order valence-electron chi connectivity index (χ0n) is 27.3.